The van der Waals surface area contributed by atoms with Crippen molar-refractivity contribution < 1.29 is 53.8 Å². The highest BCUT2D eigenvalue weighted by molar-refractivity contribution is 9.09. The molecule has 0 fully saturated rings. The number of alkyl halides is 1. The van der Waals surface area contributed by atoms with Crippen molar-refractivity contribution in [1.82, 2.24) is 0 Å². The van der Waals surface area contributed by atoms with E-state index in [4.69, 9.17) is 17.8 Å². The van der Waals surface area contributed by atoms with Crippen LogP contribution in [0.15, 0.2) is 82.6 Å². The Morgan fingerprint density at radius 3 is 1.31 bits per heavy atom. The monoisotopic (exact) mass is 846 g/mol. The number of halogens is 1. The average molecular weight is 848 g/mol. The van der Waals surface area contributed by atoms with E-state index in [1.165, 1.54) is 50.6 Å². The molecule has 0 radical (unpaired) electrons. The van der Waals surface area contributed by atoms with Gasteiger partial charge >= 0.3 is 20.2 Å². The second kappa shape index (κ2) is 19.0. The summed E-state index contributed by atoms with van der Waals surface area (Å²) in [5.74, 6) is -0.127. The standard InChI is InChI=1S/C20H22O7S.C19H21BrO5S/c1-13(2)16-9-19(25-4)17(18(22)11-26-12-21)10-20(16)27-28(23,24)15-7-5-14(3)6-8-15;1-12(2)15-9-18(24-4)16(17(21)11-20)10-19(15)25-26(22,23)14-7-5-13(3)6-8-14/h5-10,12-13H,11H2,1-4H3;5-10,12H,11H2,1-4H3. The van der Waals surface area contributed by atoms with Gasteiger partial charge in [0.1, 0.15) is 32.8 Å². The zero-order valence-electron chi connectivity index (χ0n) is 31.2. The number of ketones is 2. The molecule has 0 aliphatic heterocycles. The zero-order chi connectivity index (χ0) is 40.4. The number of carbonyl (C=O) groups is 3. The van der Waals surface area contributed by atoms with Gasteiger partial charge in [0, 0.05) is 11.1 Å². The van der Waals surface area contributed by atoms with Gasteiger partial charge in [-0.3, -0.25) is 14.4 Å². The molecule has 0 bridgehead atoms. The van der Waals surface area contributed by atoms with Crippen LogP contribution < -0.4 is 17.8 Å². The van der Waals surface area contributed by atoms with Crippen LogP contribution in [0, 0.1) is 13.8 Å². The summed E-state index contributed by atoms with van der Waals surface area (Å²) in [5.41, 5.74) is 3.38. The lowest BCUT2D eigenvalue weighted by molar-refractivity contribution is -0.127. The highest BCUT2D eigenvalue weighted by Gasteiger charge is 2.25. The molecule has 0 atom stereocenters. The first-order valence-corrected chi connectivity index (χ1v) is 20.5. The van der Waals surface area contributed by atoms with Crippen molar-refractivity contribution in [2.24, 2.45) is 0 Å². The third-order valence-corrected chi connectivity index (χ3v) is 10.9. The predicted octanol–water partition coefficient (Wildman–Crippen LogP) is 7.72. The van der Waals surface area contributed by atoms with Crippen molar-refractivity contribution in [1.29, 1.82) is 0 Å². The number of benzene rings is 4. The summed E-state index contributed by atoms with van der Waals surface area (Å²) < 4.78 is 76.5. The first kappa shape index (κ1) is 43.7. The van der Waals surface area contributed by atoms with E-state index in [1.54, 1.807) is 36.4 Å². The van der Waals surface area contributed by atoms with Gasteiger partial charge in [0.25, 0.3) is 6.47 Å². The molecule has 0 unspecified atom stereocenters. The van der Waals surface area contributed by atoms with Gasteiger partial charge in [-0.05, 0) is 74.2 Å². The van der Waals surface area contributed by atoms with E-state index in [-0.39, 0.29) is 67.6 Å². The molecular weight excluding hydrogens is 804 g/mol. The summed E-state index contributed by atoms with van der Waals surface area (Å²) in [7, 11) is -5.27. The minimum atomic E-state index is -4.10. The van der Waals surface area contributed by atoms with Gasteiger partial charge in [0.05, 0.1) is 30.7 Å². The van der Waals surface area contributed by atoms with Crippen molar-refractivity contribution in [3.05, 3.63) is 106 Å². The van der Waals surface area contributed by atoms with Gasteiger partial charge < -0.3 is 22.6 Å². The molecular formula is C39H43BrO12S2. The summed E-state index contributed by atoms with van der Waals surface area (Å²) in [6.45, 7) is 10.9. The van der Waals surface area contributed by atoms with Crippen LogP contribution in [0.2, 0.25) is 0 Å². The average Bonchev–Trinajstić information content (AvgIpc) is 3.13. The van der Waals surface area contributed by atoms with Crippen LogP contribution >= 0.6 is 15.9 Å². The smallest absolute Gasteiger partial charge is 0.339 e. The molecule has 0 amide bonds. The predicted molar refractivity (Wildman–Crippen MR) is 207 cm³/mol. The fraction of sp³-hybridized carbons (Fsp3) is 0.308. The molecule has 4 aromatic rings. The van der Waals surface area contributed by atoms with Crippen LogP contribution in [-0.2, 0) is 29.8 Å². The summed E-state index contributed by atoms with van der Waals surface area (Å²) in [4.78, 5) is 34.9. The Hall–Kier alpha value is -4.73. The van der Waals surface area contributed by atoms with Crippen molar-refractivity contribution in [3.8, 4) is 23.0 Å². The van der Waals surface area contributed by atoms with E-state index in [2.05, 4.69) is 20.7 Å². The van der Waals surface area contributed by atoms with Gasteiger partial charge in [-0.25, -0.2) is 0 Å². The molecule has 0 aliphatic rings. The molecule has 4 aromatic carbocycles. The SMILES string of the molecule is COc1cc(C(C)C)c(OS(=O)(=O)c2ccc(C)cc2)cc1C(=O)CBr.COc1cc(C(C)C)c(OS(=O)(=O)c2ccc(C)cc2)cc1C(=O)COC=O. The fourth-order valence-corrected chi connectivity index (χ4v) is 7.17. The van der Waals surface area contributed by atoms with Gasteiger partial charge in [0.2, 0.25) is 5.78 Å². The summed E-state index contributed by atoms with van der Waals surface area (Å²) >= 11 is 3.13. The van der Waals surface area contributed by atoms with Crippen LogP contribution in [0.25, 0.3) is 0 Å². The molecule has 0 saturated heterocycles. The Balaban J connectivity index is 0.000000291. The maximum atomic E-state index is 12.7. The lowest BCUT2D eigenvalue weighted by Gasteiger charge is -2.17. The normalized spacial score (nSPS) is 11.3. The minimum Gasteiger partial charge on any atom is -0.496 e. The summed E-state index contributed by atoms with van der Waals surface area (Å²) in [6.07, 6.45) is 0. The molecule has 0 aromatic heterocycles. The maximum Gasteiger partial charge on any atom is 0.339 e. The lowest BCUT2D eigenvalue weighted by atomic mass is 9.98. The summed E-state index contributed by atoms with van der Waals surface area (Å²) in [6, 6.07) is 18.6. The Bertz CT molecular complexity index is 2180. The third-order valence-electron chi connectivity index (χ3n) is 7.93. The number of Topliss-reactive ketones (excluding diaryl/α,β-unsaturated/α-hetero) is 2. The Labute approximate surface area is 325 Å². The first-order chi connectivity index (χ1) is 25.4. The van der Waals surface area contributed by atoms with Gasteiger partial charge in [-0.2, -0.15) is 16.8 Å². The second-order valence-electron chi connectivity index (χ2n) is 12.6. The van der Waals surface area contributed by atoms with E-state index in [9.17, 15) is 31.2 Å². The van der Waals surface area contributed by atoms with Crippen molar-refractivity contribution in [2.45, 2.75) is 63.2 Å². The summed E-state index contributed by atoms with van der Waals surface area (Å²) in [5, 5.41) is 0.0918. The molecule has 12 nitrogen and oxygen atoms in total. The fourth-order valence-electron chi connectivity index (χ4n) is 4.97. The number of aryl methyl sites for hydroxylation is 2. The van der Waals surface area contributed by atoms with Gasteiger partial charge in [0.15, 0.2) is 12.4 Å². The lowest BCUT2D eigenvalue weighted by Crippen LogP contribution is -2.14. The van der Waals surface area contributed by atoms with Crippen molar-refractivity contribution in [3.63, 3.8) is 0 Å². The number of carbonyl (C=O) groups excluding carboxylic acids is 3. The number of hydrogen-bond acceptors (Lipinski definition) is 12. The highest BCUT2D eigenvalue weighted by atomic mass is 79.9. The van der Waals surface area contributed by atoms with Gasteiger partial charge in [-0.15, -0.1) is 0 Å². The van der Waals surface area contributed by atoms with E-state index >= 15 is 0 Å². The molecule has 0 N–H and O–H groups in total. The minimum absolute atomic E-state index is 0.000730. The molecule has 0 spiro atoms. The first-order valence-electron chi connectivity index (χ1n) is 16.5. The van der Waals surface area contributed by atoms with Crippen LogP contribution in [0.4, 0.5) is 0 Å². The number of methoxy groups -OCH3 is 2. The van der Waals surface area contributed by atoms with E-state index in [1.807, 2.05) is 41.5 Å². The van der Waals surface area contributed by atoms with Crippen LogP contribution in [-0.4, -0.2) is 61.0 Å². The second-order valence-corrected chi connectivity index (χ2v) is 16.2. The molecule has 290 valence electrons. The number of hydrogen-bond donors (Lipinski definition) is 0. The Morgan fingerprint density at radius 2 is 1.00 bits per heavy atom. The molecule has 4 rings (SSSR count). The number of rotatable bonds is 16. The molecule has 54 heavy (non-hydrogen) atoms. The largest absolute Gasteiger partial charge is 0.496 e. The van der Waals surface area contributed by atoms with Crippen molar-refractivity contribution in [2.75, 3.05) is 26.2 Å². The topological polar surface area (TPSA) is 166 Å². The number of ether oxygens (including phenoxy) is 3. The quantitative estimate of drug-likeness (QED) is 0.0467. The van der Waals surface area contributed by atoms with E-state index in [0.29, 0.717) is 16.9 Å². The van der Waals surface area contributed by atoms with Gasteiger partial charge in [-0.1, -0.05) is 79.0 Å². The zero-order valence-corrected chi connectivity index (χ0v) is 34.4. The van der Waals surface area contributed by atoms with Crippen LogP contribution in [0.1, 0.15) is 82.5 Å². The Kier molecular flexibility index (Phi) is 15.4. The van der Waals surface area contributed by atoms with E-state index < -0.39 is 32.6 Å². The molecule has 0 heterocycles. The highest BCUT2D eigenvalue weighted by Crippen LogP contribution is 2.37. The molecule has 0 aliphatic carbocycles. The molecule has 0 saturated carbocycles. The van der Waals surface area contributed by atoms with Crippen LogP contribution in [0.5, 0.6) is 23.0 Å². The molecule has 15 heteroatoms. The van der Waals surface area contributed by atoms with Crippen molar-refractivity contribution >= 4 is 54.2 Å². The third kappa shape index (κ3) is 11.1. The van der Waals surface area contributed by atoms with E-state index in [0.717, 1.165) is 11.1 Å². The van der Waals surface area contributed by atoms with Crippen LogP contribution in [0.3, 0.4) is 0 Å². The Morgan fingerprint density at radius 1 is 0.630 bits per heavy atom. The maximum absolute atomic E-state index is 12.7.